The van der Waals surface area contributed by atoms with Gasteiger partial charge in [0.15, 0.2) is 11.5 Å². The maximum Gasteiger partial charge on any atom is 0.340 e. The van der Waals surface area contributed by atoms with E-state index >= 15 is 0 Å². The molecule has 9 nitrogen and oxygen atoms in total. The zero-order valence-corrected chi connectivity index (χ0v) is 17.2. The molecule has 3 aromatic rings. The molecular formula is C21H23N3O6. The summed E-state index contributed by atoms with van der Waals surface area (Å²) in [6.45, 7) is 0.187. The van der Waals surface area contributed by atoms with Crippen LogP contribution in [-0.4, -0.2) is 42.3 Å². The lowest BCUT2D eigenvalue weighted by molar-refractivity contribution is -0.116. The molecule has 3 rings (SSSR count). The van der Waals surface area contributed by atoms with Crippen molar-refractivity contribution in [3.05, 3.63) is 52.4 Å². The molecule has 158 valence electrons. The van der Waals surface area contributed by atoms with Crippen molar-refractivity contribution in [2.75, 3.05) is 26.6 Å². The first kappa shape index (κ1) is 21.0. The fraction of sp³-hybridized carbons (Fsp3) is 0.286. The zero-order chi connectivity index (χ0) is 21.8. The van der Waals surface area contributed by atoms with E-state index in [0.29, 0.717) is 11.5 Å². The number of amides is 1. The van der Waals surface area contributed by atoms with E-state index in [1.54, 1.807) is 11.6 Å². The third-order valence-electron chi connectivity index (χ3n) is 4.82. The minimum Gasteiger partial charge on any atom is -0.493 e. The number of ether oxygens (including phenoxy) is 3. The Morgan fingerprint density at radius 1 is 1.00 bits per heavy atom. The Morgan fingerprint density at radius 3 is 2.27 bits per heavy atom. The molecule has 0 unspecified atom stereocenters. The number of aryl methyl sites for hydroxylation is 2. The number of carbonyl (C=O) groups excluding carboxylic acids is 2. The third kappa shape index (κ3) is 3.86. The van der Waals surface area contributed by atoms with Crippen LogP contribution in [0.15, 0.2) is 41.2 Å². The lowest BCUT2D eigenvalue weighted by Gasteiger charge is -2.14. The summed E-state index contributed by atoms with van der Waals surface area (Å²) in [5.74, 6) is -0.312. The van der Waals surface area contributed by atoms with Gasteiger partial charge < -0.3 is 19.5 Å². The number of aromatic nitrogens is 2. The summed E-state index contributed by atoms with van der Waals surface area (Å²) in [4.78, 5) is 37.2. The summed E-state index contributed by atoms with van der Waals surface area (Å²) in [6, 6.07) is 10.3. The molecule has 0 saturated carbocycles. The maximum absolute atomic E-state index is 12.6. The van der Waals surface area contributed by atoms with E-state index in [2.05, 4.69) is 5.32 Å². The summed E-state index contributed by atoms with van der Waals surface area (Å²) in [7, 11) is 5.83. The Balaban J connectivity index is 1.84. The molecule has 1 aromatic heterocycles. The summed E-state index contributed by atoms with van der Waals surface area (Å²) in [5.41, 5.74) is 1.70. The van der Waals surface area contributed by atoms with E-state index in [-0.39, 0.29) is 35.8 Å². The summed E-state index contributed by atoms with van der Waals surface area (Å²) >= 11 is 0. The number of benzene rings is 2. The molecule has 0 fully saturated rings. The van der Waals surface area contributed by atoms with E-state index in [1.807, 2.05) is 24.3 Å². The van der Waals surface area contributed by atoms with E-state index in [0.717, 1.165) is 11.0 Å². The second-order valence-electron chi connectivity index (χ2n) is 6.52. The predicted molar refractivity (Wildman–Crippen MR) is 111 cm³/mol. The molecule has 1 heterocycles. The summed E-state index contributed by atoms with van der Waals surface area (Å²) in [6.07, 6.45) is 0.0306. The average Bonchev–Trinajstić information content (AvgIpc) is 3.01. The molecule has 1 N–H and O–H groups in total. The highest BCUT2D eigenvalue weighted by atomic mass is 16.5. The molecule has 30 heavy (non-hydrogen) atoms. The second-order valence-corrected chi connectivity index (χ2v) is 6.52. The maximum atomic E-state index is 12.6. The number of esters is 1. The van der Waals surface area contributed by atoms with Gasteiger partial charge in [-0.15, -0.1) is 0 Å². The first-order valence-electron chi connectivity index (χ1n) is 9.19. The van der Waals surface area contributed by atoms with Crippen LogP contribution in [0.1, 0.15) is 16.8 Å². The highest BCUT2D eigenvalue weighted by molar-refractivity contribution is 6.02. The van der Waals surface area contributed by atoms with Crippen LogP contribution < -0.4 is 20.5 Å². The number of para-hydroxylation sites is 2. The van der Waals surface area contributed by atoms with Crippen LogP contribution in [-0.2, 0) is 23.1 Å². The summed E-state index contributed by atoms with van der Waals surface area (Å²) < 4.78 is 18.3. The SMILES string of the molecule is COC(=O)c1cc(OC)c(OC)cc1NC(=O)CCn1c(=O)n(C)c2ccccc21. The van der Waals surface area contributed by atoms with Crippen LogP contribution in [0.3, 0.4) is 0 Å². The standard InChI is InChI=1S/C21H23N3O6/c1-23-15-7-5-6-8-16(15)24(21(23)27)10-9-19(25)22-14-12-18(29-3)17(28-2)11-13(14)20(26)30-4/h5-8,11-12H,9-10H2,1-4H3,(H,22,25). The van der Waals surface area contributed by atoms with Crippen molar-refractivity contribution < 1.29 is 23.8 Å². The number of hydrogen-bond acceptors (Lipinski definition) is 6. The zero-order valence-electron chi connectivity index (χ0n) is 17.2. The van der Waals surface area contributed by atoms with Crippen molar-refractivity contribution >= 4 is 28.6 Å². The molecule has 0 bridgehead atoms. The molecule has 0 aliphatic heterocycles. The Kier molecular flexibility index (Phi) is 6.10. The minimum absolute atomic E-state index is 0.0306. The van der Waals surface area contributed by atoms with Gasteiger partial charge in [-0.05, 0) is 12.1 Å². The van der Waals surface area contributed by atoms with Gasteiger partial charge in [-0.25, -0.2) is 9.59 Å². The van der Waals surface area contributed by atoms with Gasteiger partial charge in [0.2, 0.25) is 5.91 Å². The van der Waals surface area contributed by atoms with Crippen molar-refractivity contribution in [1.82, 2.24) is 9.13 Å². The predicted octanol–water partition coefficient (Wildman–Crippen LogP) is 2.17. The number of fused-ring (bicyclic) bond motifs is 1. The molecule has 0 radical (unpaired) electrons. The molecule has 9 heteroatoms. The topological polar surface area (TPSA) is 101 Å². The number of anilines is 1. The van der Waals surface area contributed by atoms with Crippen LogP contribution in [0.4, 0.5) is 5.69 Å². The lowest BCUT2D eigenvalue weighted by Crippen LogP contribution is -2.25. The van der Waals surface area contributed by atoms with Gasteiger partial charge in [0.25, 0.3) is 0 Å². The Morgan fingerprint density at radius 2 is 1.63 bits per heavy atom. The van der Waals surface area contributed by atoms with Gasteiger partial charge in [-0.3, -0.25) is 13.9 Å². The second kappa shape index (κ2) is 8.73. The monoisotopic (exact) mass is 413 g/mol. The quantitative estimate of drug-likeness (QED) is 0.596. The molecule has 0 aliphatic rings. The fourth-order valence-corrected chi connectivity index (χ4v) is 3.27. The fourth-order valence-electron chi connectivity index (χ4n) is 3.27. The highest BCUT2D eigenvalue weighted by Crippen LogP contribution is 2.33. The van der Waals surface area contributed by atoms with Gasteiger partial charge in [0.1, 0.15) is 0 Å². The smallest absolute Gasteiger partial charge is 0.340 e. The van der Waals surface area contributed by atoms with Crippen LogP contribution in [0, 0.1) is 0 Å². The third-order valence-corrected chi connectivity index (χ3v) is 4.82. The van der Waals surface area contributed by atoms with Crippen molar-refractivity contribution in [3.63, 3.8) is 0 Å². The van der Waals surface area contributed by atoms with Crippen molar-refractivity contribution in [2.24, 2.45) is 7.05 Å². The molecule has 0 aliphatic carbocycles. The van der Waals surface area contributed by atoms with Gasteiger partial charge in [-0.2, -0.15) is 0 Å². The van der Waals surface area contributed by atoms with Gasteiger partial charge in [-0.1, -0.05) is 12.1 Å². The number of methoxy groups -OCH3 is 3. The van der Waals surface area contributed by atoms with E-state index in [4.69, 9.17) is 14.2 Å². The normalized spacial score (nSPS) is 10.7. The van der Waals surface area contributed by atoms with Crippen LogP contribution in [0.2, 0.25) is 0 Å². The van der Waals surface area contributed by atoms with Gasteiger partial charge in [0, 0.05) is 32.1 Å². The molecular weight excluding hydrogens is 390 g/mol. The Hall–Kier alpha value is -3.75. The molecule has 1 amide bonds. The minimum atomic E-state index is -0.628. The largest absolute Gasteiger partial charge is 0.493 e. The van der Waals surface area contributed by atoms with Gasteiger partial charge >= 0.3 is 11.7 Å². The molecule has 0 spiro atoms. The Labute approximate surface area is 172 Å². The van der Waals surface area contributed by atoms with Gasteiger partial charge in [0.05, 0.1) is 43.6 Å². The van der Waals surface area contributed by atoms with Crippen LogP contribution >= 0.6 is 0 Å². The van der Waals surface area contributed by atoms with Crippen molar-refractivity contribution in [2.45, 2.75) is 13.0 Å². The van der Waals surface area contributed by atoms with E-state index in [1.165, 1.54) is 38.0 Å². The first-order valence-corrected chi connectivity index (χ1v) is 9.19. The van der Waals surface area contributed by atoms with E-state index in [9.17, 15) is 14.4 Å². The number of nitrogens with zero attached hydrogens (tertiary/aromatic N) is 2. The first-order chi connectivity index (χ1) is 14.4. The number of rotatable bonds is 7. The number of nitrogens with one attached hydrogen (secondary N) is 1. The number of hydrogen-bond donors (Lipinski definition) is 1. The Bertz CT molecular complexity index is 1160. The number of carbonyl (C=O) groups is 2. The average molecular weight is 413 g/mol. The number of imidazole rings is 1. The van der Waals surface area contributed by atoms with Crippen LogP contribution in [0.25, 0.3) is 11.0 Å². The highest BCUT2D eigenvalue weighted by Gasteiger charge is 2.19. The van der Waals surface area contributed by atoms with Crippen molar-refractivity contribution in [3.8, 4) is 11.5 Å². The van der Waals surface area contributed by atoms with E-state index < -0.39 is 5.97 Å². The van der Waals surface area contributed by atoms with Crippen LogP contribution in [0.5, 0.6) is 11.5 Å². The van der Waals surface area contributed by atoms with Crippen molar-refractivity contribution in [1.29, 1.82) is 0 Å². The summed E-state index contributed by atoms with van der Waals surface area (Å²) in [5, 5.41) is 2.70. The molecule has 2 aromatic carbocycles. The lowest BCUT2D eigenvalue weighted by atomic mass is 10.1. The molecule has 0 saturated heterocycles. The molecule has 0 atom stereocenters.